The van der Waals surface area contributed by atoms with Gasteiger partial charge in [-0.3, -0.25) is 4.79 Å². The van der Waals surface area contributed by atoms with Gasteiger partial charge in [0.2, 0.25) is 0 Å². The van der Waals surface area contributed by atoms with Crippen LogP contribution in [-0.2, 0) is 22.6 Å². The Balaban J connectivity index is 1.51. The number of hydrogen-bond acceptors (Lipinski definition) is 7. The van der Waals surface area contributed by atoms with Crippen LogP contribution in [0.5, 0.6) is 0 Å². The van der Waals surface area contributed by atoms with Gasteiger partial charge in [0.25, 0.3) is 0 Å². The number of furan rings is 1. The van der Waals surface area contributed by atoms with E-state index in [0.29, 0.717) is 24.7 Å². The van der Waals surface area contributed by atoms with Crippen LogP contribution < -0.4 is 4.90 Å². The van der Waals surface area contributed by atoms with Crippen molar-refractivity contribution in [3.63, 3.8) is 0 Å². The van der Waals surface area contributed by atoms with E-state index in [2.05, 4.69) is 33.9 Å². The number of ether oxygens (including phenoxy) is 1. The van der Waals surface area contributed by atoms with E-state index in [9.17, 15) is 4.79 Å². The molecule has 0 unspecified atom stereocenters. The molecule has 0 atom stereocenters. The molecule has 0 saturated carbocycles. The number of carbonyl (C=O) groups is 1. The topological polar surface area (TPSA) is 68.5 Å². The summed E-state index contributed by atoms with van der Waals surface area (Å²) in [5.74, 6) is 1.42. The molecule has 0 aliphatic carbocycles. The summed E-state index contributed by atoms with van der Waals surface area (Å²) < 4.78 is 10.4. The quantitative estimate of drug-likeness (QED) is 0.101. The molecule has 8 heteroatoms. The lowest BCUT2D eigenvalue weighted by Crippen LogP contribution is -2.30. The molecule has 2 heterocycles. The van der Waals surface area contributed by atoms with Crippen molar-refractivity contribution in [3.05, 3.63) is 95.7 Å². The van der Waals surface area contributed by atoms with Crippen LogP contribution >= 0.6 is 23.4 Å². The van der Waals surface area contributed by atoms with E-state index in [-0.39, 0.29) is 5.97 Å². The first-order valence-electron chi connectivity index (χ1n) is 12.6. The monoisotopic (exact) mass is 549 g/mol. The van der Waals surface area contributed by atoms with Crippen LogP contribution in [0.15, 0.2) is 88.6 Å². The molecule has 0 aliphatic rings. The second kappa shape index (κ2) is 13.0. The Morgan fingerprint density at radius 3 is 2.58 bits per heavy atom. The molecule has 6 nitrogen and oxygen atoms in total. The second-order valence-corrected chi connectivity index (χ2v) is 11.6. The van der Waals surface area contributed by atoms with Gasteiger partial charge in [0.1, 0.15) is 22.7 Å². The smallest absolute Gasteiger partial charge is 0.321 e. The minimum Gasteiger partial charge on any atom is -0.467 e. The van der Waals surface area contributed by atoms with Crippen LogP contribution in [0.4, 0.5) is 5.82 Å². The minimum absolute atomic E-state index is 0.191. The highest BCUT2D eigenvalue weighted by Crippen LogP contribution is 2.34. The van der Waals surface area contributed by atoms with Gasteiger partial charge >= 0.3 is 5.97 Å². The summed E-state index contributed by atoms with van der Waals surface area (Å²) in [5.41, 5.74) is 2.82. The van der Waals surface area contributed by atoms with Gasteiger partial charge in [0, 0.05) is 28.1 Å². The number of unbranched alkanes of at least 4 members (excludes halogenated alkanes) is 1. The molecule has 2 aromatic carbocycles. The van der Waals surface area contributed by atoms with Crippen molar-refractivity contribution in [2.45, 2.75) is 56.3 Å². The highest BCUT2D eigenvalue weighted by Gasteiger charge is 2.30. The Morgan fingerprint density at radius 2 is 1.87 bits per heavy atom. The largest absolute Gasteiger partial charge is 0.467 e. The average molecular weight is 550 g/mol. The summed E-state index contributed by atoms with van der Waals surface area (Å²) in [5, 5.41) is 0.658. The molecule has 0 fully saturated rings. The molecule has 4 aromatic rings. The molecule has 0 radical (unpaired) electrons. The van der Waals surface area contributed by atoms with Crippen LogP contribution in [-0.4, -0.2) is 27.3 Å². The van der Waals surface area contributed by atoms with E-state index in [1.165, 1.54) is 11.8 Å². The van der Waals surface area contributed by atoms with Gasteiger partial charge in [-0.1, -0.05) is 49.2 Å². The Morgan fingerprint density at radius 1 is 1.05 bits per heavy atom. The number of esters is 1. The van der Waals surface area contributed by atoms with E-state index in [1.54, 1.807) is 12.6 Å². The molecule has 0 amide bonds. The van der Waals surface area contributed by atoms with Gasteiger partial charge in [0.05, 0.1) is 25.1 Å². The van der Waals surface area contributed by atoms with Crippen molar-refractivity contribution in [1.82, 2.24) is 9.97 Å². The number of benzene rings is 2. The number of anilines is 1. The Bertz CT molecular complexity index is 1330. The van der Waals surface area contributed by atoms with Gasteiger partial charge in [0.15, 0.2) is 0 Å². The summed E-state index contributed by atoms with van der Waals surface area (Å²) in [6.07, 6.45) is 5.12. The lowest BCUT2D eigenvalue weighted by molar-refractivity contribution is -0.145. The van der Waals surface area contributed by atoms with E-state index < -0.39 is 4.75 Å². The van der Waals surface area contributed by atoms with Crippen molar-refractivity contribution in [3.8, 4) is 11.3 Å². The minimum atomic E-state index is -0.668. The van der Waals surface area contributed by atoms with Gasteiger partial charge in [-0.05, 0) is 62.2 Å². The molecule has 38 heavy (non-hydrogen) atoms. The fourth-order valence-corrected chi connectivity index (χ4v) is 5.03. The molecule has 198 valence electrons. The number of rotatable bonds is 12. The van der Waals surface area contributed by atoms with Gasteiger partial charge < -0.3 is 14.1 Å². The fraction of sp³-hybridized carbons (Fsp3) is 0.300. The van der Waals surface area contributed by atoms with Gasteiger partial charge in [-0.2, -0.15) is 0 Å². The van der Waals surface area contributed by atoms with Gasteiger partial charge in [-0.25, -0.2) is 9.97 Å². The maximum Gasteiger partial charge on any atom is 0.321 e. The molecule has 0 N–H and O–H groups in total. The summed E-state index contributed by atoms with van der Waals surface area (Å²) in [6.45, 7) is 7.50. The summed E-state index contributed by atoms with van der Waals surface area (Å²) in [7, 11) is 0. The van der Waals surface area contributed by atoms with Crippen LogP contribution in [0.1, 0.15) is 44.9 Å². The first-order valence-corrected chi connectivity index (χ1v) is 13.8. The zero-order chi connectivity index (χ0) is 27.0. The lowest BCUT2D eigenvalue weighted by atomic mass is 10.1. The molecule has 2 aromatic heterocycles. The molecule has 0 bridgehead atoms. The standard InChI is InChI=1S/C30H32ClN3O3S/c1-4-5-15-37-29(35)30(2,3)38-26-13-11-22(12-14-26)19-34(20-25-10-7-16-36-25)28-18-27(32-21-33-28)23-8-6-9-24(31)17-23/h6-14,16-18,21H,4-5,15,19-20H2,1-3H3. The first-order chi connectivity index (χ1) is 18.3. The van der Waals surface area contributed by atoms with Crippen molar-refractivity contribution in [2.75, 3.05) is 11.5 Å². The van der Waals surface area contributed by atoms with E-state index in [0.717, 1.165) is 46.1 Å². The number of hydrogen-bond donors (Lipinski definition) is 0. The van der Waals surface area contributed by atoms with Crippen LogP contribution in [0.25, 0.3) is 11.3 Å². The maximum absolute atomic E-state index is 12.5. The fourth-order valence-electron chi connectivity index (χ4n) is 3.84. The SMILES string of the molecule is CCCCOC(=O)C(C)(C)Sc1ccc(CN(Cc2ccco2)c2cc(-c3cccc(Cl)c3)ncn2)cc1. The Labute approximate surface area is 233 Å². The first kappa shape index (κ1) is 27.7. The highest BCUT2D eigenvalue weighted by molar-refractivity contribution is 8.01. The molecule has 0 aliphatic heterocycles. The third kappa shape index (κ3) is 7.62. The molecular formula is C30H32ClN3O3S. The van der Waals surface area contributed by atoms with Gasteiger partial charge in [-0.15, -0.1) is 11.8 Å². The zero-order valence-electron chi connectivity index (χ0n) is 21.9. The van der Waals surface area contributed by atoms with Crippen LogP contribution in [0.3, 0.4) is 0 Å². The summed E-state index contributed by atoms with van der Waals surface area (Å²) in [4.78, 5) is 24.7. The predicted molar refractivity (Wildman–Crippen MR) is 153 cm³/mol. The molecule has 4 rings (SSSR count). The van der Waals surface area contributed by atoms with E-state index in [4.69, 9.17) is 20.8 Å². The predicted octanol–water partition coefficient (Wildman–Crippen LogP) is 7.81. The Hall–Kier alpha value is -3.29. The summed E-state index contributed by atoms with van der Waals surface area (Å²) in [6, 6.07) is 21.7. The zero-order valence-corrected chi connectivity index (χ0v) is 23.5. The highest BCUT2D eigenvalue weighted by atomic mass is 35.5. The van der Waals surface area contributed by atoms with Crippen molar-refractivity contribution >= 4 is 35.1 Å². The lowest BCUT2D eigenvalue weighted by Gasteiger charge is -2.24. The molecule has 0 saturated heterocycles. The summed E-state index contributed by atoms with van der Waals surface area (Å²) >= 11 is 7.71. The molecule has 0 spiro atoms. The van der Waals surface area contributed by atoms with Crippen molar-refractivity contribution in [1.29, 1.82) is 0 Å². The number of aromatic nitrogens is 2. The maximum atomic E-state index is 12.5. The second-order valence-electron chi connectivity index (χ2n) is 9.45. The van der Waals surface area contributed by atoms with Crippen molar-refractivity contribution < 1.29 is 13.9 Å². The molecular weight excluding hydrogens is 518 g/mol. The number of carbonyl (C=O) groups excluding carboxylic acids is 1. The van der Waals surface area contributed by atoms with E-state index >= 15 is 0 Å². The Kier molecular flexibility index (Phi) is 9.48. The normalized spacial score (nSPS) is 11.4. The number of halogens is 1. The van der Waals surface area contributed by atoms with Crippen LogP contribution in [0, 0.1) is 0 Å². The third-order valence-corrected chi connectivity index (χ3v) is 7.34. The number of thioether (sulfide) groups is 1. The number of nitrogens with zero attached hydrogens (tertiary/aromatic N) is 3. The van der Waals surface area contributed by atoms with Crippen LogP contribution in [0.2, 0.25) is 5.02 Å². The average Bonchev–Trinajstić information content (AvgIpc) is 3.43. The van der Waals surface area contributed by atoms with Crippen molar-refractivity contribution in [2.24, 2.45) is 0 Å². The third-order valence-electron chi connectivity index (χ3n) is 5.92. The van der Waals surface area contributed by atoms with E-state index in [1.807, 2.05) is 68.4 Å².